The Kier molecular flexibility index (Phi) is 4.47. The third-order valence-corrected chi connectivity index (χ3v) is 3.05. The van der Waals surface area contributed by atoms with E-state index in [1.807, 2.05) is 24.4 Å². The van der Waals surface area contributed by atoms with Gasteiger partial charge in [-0.25, -0.2) is 4.98 Å². The minimum Gasteiger partial charge on any atom is -0.481 e. The van der Waals surface area contributed by atoms with E-state index in [4.69, 9.17) is 4.74 Å². The van der Waals surface area contributed by atoms with Gasteiger partial charge in [0.15, 0.2) is 0 Å². The van der Waals surface area contributed by atoms with Crippen LogP contribution in [0.1, 0.15) is 29.8 Å². The minimum atomic E-state index is -0.599. The van der Waals surface area contributed by atoms with Crippen LogP contribution >= 0.6 is 0 Å². The Balaban J connectivity index is 2.04. The fraction of sp³-hybridized carbons (Fsp3) is 0.333. The molecule has 100 valence electrons. The molecular formula is C15H18N2O2. The largest absolute Gasteiger partial charge is 0.481 e. The second kappa shape index (κ2) is 6.29. The summed E-state index contributed by atoms with van der Waals surface area (Å²) in [5, 5.41) is 10.1. The number of hydrogen-bond acceptors (Lipinski definition) is 4. The number of aliphatic hydroxyl groups excluding tert-OH is 1. The van der Waals surface area contributed by atoms with Crippen LogP contribution < -0.4 is 4.74 Å². The van der Waals surface area contributed by atoms with E-state index in [1.54, 1.807) is 19.4 Å². The molecule has 4 nitrogen and oxygen atoms in total. The molecule has 2 aromatic rings. The highest BCUT2D eigenvalue weighted by Crippen LogP contribution is 2.18. The van der Waals surface area contributed by atoms with Gasteiger partial charge in [0.05, 0.1) is 13.2 Å². The molecule has 0 aliphatic heterocycles. The number of aryl methyl sites for hydroxylation is 1. The van der Waals surface area contributed by atoms with E-state index in [2.05, 4.69) is 16.9 Å². The number of pyridine rings is 2. The topological polar surface area (TPSA) is 55.2 Å². The summed E-state index contributed by atoms with van der Waals surface area (Å²) in [4.78, 5) is 8.43. The summed E-state index contributed by atoms with van der Waals surface area (Å²) in [6, 6.07) is 7.56. The maximum Gasteiger partial charge on any atom is 0.212 e. The van der Waals surface area contributed by atoms with Gasteiger partial charge in [-0.05, 0) is 29.7 Å². The molecule has 0 fully saturated rings. The van der Waals surface area contributed by atoms with E-state index in [9.17, 15) is 5.11 Å². The van der Waals surface area contributed by atoms with Gasteiger partial charge in [-0.2, -0.15) is 0 Å². The van der Waals surface area contributed by atoms with E-state index >= 15 is 0 Å². The third kappa shape index (κ3) is 3.51. The second-order valence-corrected chi connectivity index (χ2v) is 4.37. The van der Waals surface area contributed by atoms with E-state index in [1.165, 1.54) is 5.56 Å². The molecule has 0 radical (unpaired) electrons. The van der Waals surface area contributed by atoms with Crippen molar-refractivity contribution in [3.8, 4) is 5.88 Å². The van der Waals surface area contributed by atoms with Gasteiger partial charge in [0.1, 0.15) is 0 Å². The van der Waals surface area contributed by atoms with Crippen molar-refractivity contribution in [3.05, 3.63) is 53.5 Å². The second-order valence-electron chi connectivity index (χ2n) is 4.37. The highest BCUT2D eigenvalue weighted by Gasteiger charge is 2.10. The molecule has 0 spiro atoms. The van der Waals surface area contributed by atoms with Gasteiger partial charge >= 0.3 is 0 Å². The van der Waals surface area contributed by atoms with Crippen molar-refractivity contribution in [1.82, 2.24) is 9.97 Å². The zero-order chi connectivity index (χ0) is 13.7. The third-order valence-electron chi connectivity index (χ3n) is 3.05. The van der Waals surface area contributed by atoms with Crippen LogP contribution in [0.3, 0.4) is 0 Å². The summed E-state index contributed by atoms with van der Waals surface area (Å²) >= 11 is 0. The maximum atomic E-state index is 10.1. The number of hydrogen-bond donors (Lipinski definition) is 1. The first-order valence-electron chi connectivity index (χ1n) is 6.34. The van der Waals surface area contributed by atoms with Gasteiger partial charge in [-0.15, -0.1) is 0 Å². The van der Waals surface area contributed by atoms with Gasteiger partial charge in [0, 0.05) is 30.6 Å². The first-order valence-corrected chi connectivity index (χ1v) is 6.34. The van der Waals surface area contributed by atoms with Crippen LogP contribution in [0, 0.1) is 0 Å². The molecule has 0 saturated heterocycles. The van der Waals surface area contributed by atoms with E-state index in [0.717, 1.165) is 17.7 Å². The molecule has 0 aliphatic rings. The quantitative estimate of drug-likeness (QED) is 0.894. The van der Waals surface area contributed by atoms with Gasteiger partial charge in [-0.1, -0.05) is 13.0 Å². The molecule has 2 rings (SSSR count). The van der Waals surface area contributed by atoms with E-state index < -0.39 is 6.10 Å². The Hall–Kier alpha value is -1.94. The standard InChI is InChI=1S/C15H18N2O2/c1-3-11-4-6-13(16-9-11)8-14(18)12-5-7-15(19-2)17-10-12/h4-7,9-10,14,18H,3,8H2,1-2H3. The predicted molar refractivity (Wildman–Crippen MR) is 73.1 cm³/mol. The predicted octanol–water partition coefficient (Wildman–Crippen LogP) is 2.32. The molecule has 19 heavy (non-hydrogen) atoms. The lowest BCUT2D eigenvalue weighted by Gasteiger charge is -2.10. The van der Waals surface area contributed by atoms with Crippen LogP contribution in [0.15, 0.2) is 36.7 Å². The zero-order valence-corrected chi connectivity index (χ0v) is 11.2. The van der Waals surface area contributed by atoms with Crippen molar-refractivity contribution in [1.29, 1.82) is 0 Å². The SMILES string of the molecule is CCc1ccc(CC(O)c2ccc(OC)nc2)nc1. The Morgan fingerprint density at radius 3 is 2.53 bits per heavy atom. The molecule has 0 amide bonds. The summed E-state index contributed by atoms with van der Waals surface area (Å²) in [7, 11) is 1.57. The van der Waals surface area contributed by atoms with E-state index in [0.29, 0.717) is 12.3 Å². The van der Waals surface area contributed by atoms with Crippen molar-refractivity contribution in [2.45, 2.75) is 25.9 Å². The lowest BCUT2D eigenvalue weighted by Crippen LogP contribution is -2.04. The highest BCUT2D eigenvalue weighted by atomic mass is 16.5. The Bertz CT molecular complexity index is 509. The average Bonchev–Trinajstić information content (AvgIpc) is 2.48. The first kappa shape index (κ1) is 13.5. The zero-order valence-electron chi connectivity index (χ0n) is 11.2. The lowest BCUT2D eigenvalue weighted by molar-refractivity contribution is 0.176. The molecule has 1 N–H and O–H groups in total. The summed E-state index contributed by atoms with van der Waals surface area (Å²) in [5.74, 6) is 0.543. The van der Waals surface area contributed by atoms with Crippen molar-refractivity contribution in [3.63, 3.8) is 0 Å². The molecule has 0 aliphatic carbocycles. The maximum absolute atomic E-state index is 10.1. The van der Waals surface area contributed by atoms with Gasteiger partial charge in [0.2, 0.25) is 5.88 Å². The highest BCUT2D eigenvalue weighted by molar-refractivity contribution is 5.22. The average molecular weight is 258 g/mol. The van der Waals surface area contributed by atoms with Crippen LogP contribution in [0.5, 0.6) is 5.88 Å². The Morgan fingerprint density at radius 2 is 2.00 bits per heavy atom. The fourth-order valence-electron chi connectivity index (χ4n) is 1.81. The number of rotatable bonds is 5. The number of aliphatic hydroxyl groups is 1. The number of aromatic nitrogens is 2. The van der Waals surface area contributed by atoms with E-state index in [-0.39, 0.29) is 0 Å². The van der Waals surface area contributed by atoms with Gasteiger partial charge in [0.25, 0.3) is 0 Å². The van der Waals surface area contributed by atoms with Crippen LogP contribution in [-0.4, -0.2) is 22.2 Å². The normalized spacial score (nSPS) is 12.2. The summed E-state index contributed by atoms with van der Waals surface area (Å²) < 4.78 is 4.99. The molecule has 0 aromatic carbocycles. The minimum absolute atomic E-state index is 0.484. The molecule has 2 heterocycles. The molecule has 2 aromatic heterocycles. The summed E-state index contributed by atoms with van der Waals surface area (Å²) in [5.41, 5.74) is 2.84. The molecule has 0 saturated carbocycles. The van der Waals surface area contributed by atoms with Crippen LogP contribution in [-0.2, 0) is 12.8 Å². The molecule has 4 heteroatoms. The number of methoxy groups -OCH3 is 1. The summed E-state index contributed by atoms with van der Waals surface area (Å²) in [6.07, 6.45) is 4.34. The fourth-order valence-corrected chi connectivity index (χ4v) is 1.81. The van der Waals surface area contributed by atoms with Gasteiger partial charge in [-0.3, -0.25) is 4.98 Å². The lowest BCUT2D eigenvalue weighted by atomic mass is 10.1. The number of ether oxygens (including phenoxy) is 1. The first-order chi connectivity index (χ1) is 9.22. The smallest absolute Gasteiger partial charge is 0.212 e. The molecule has 0 bridgehead atoms. The van der Waals surface area contributed by atoms with Crippen molar-refractivity contribution in [2.75, 3.05) is 7.11 Å². The molecule has 1 unspecified atom stereocenters. The number of nitrogens with zero attached hydrogens (tertiary/aromatic N) is 2. The van der Waals surface area contributed by atoms with Crippen molar-refractivity contribution < 1.29 is 9.84 Å². The monoisotopic (exact) mass is 258 g/mol. The molecule has 1 atom stereocenters. The van der Waals surface area contributed by atoms with Crippen molar-refractivity contribution in [2.24, 2.45) is 0 Å². The van der Waals surface area contributed by atoms with Crippen molar-refractivity contribution >= 4 is 0 Å². The van der Waals surface area contributed by atoms with Crippen LogP contribution in [0.4, 0.5) is 0 Å². The van der Waals surface area contributed by atoms with Crippen LogP contribution in [0.2, 0.25) is 0 Å². The Morgan fingerprint density at radius 1 is 1.16 bits per heavy atom. The van der Waals surface area contributed by atoms with Gasteiger partial charge < -0.3 is 9.84 Å². The summed E-state index contributed by atoms with van der Waals surface area (Å²) in [6.45, 7) is 2.09. The Labute approximate surface area is 113 Å². The molecular weight excluding hydrogens is 240 g/mol. The van der Waals surface area contributed by atoms with Crippen LogP contribution in [0.25, 0.3) is 0 Å².